The first-order valence-electron chi connectivity index (χ1n) is 6.41. The Labute approximate surface area is 109 Å². The summed E-state index contributed by atoms with van der Waals surface area (Å²) in [7, 11) is 5.46. The van der Waals surface area contributed by atoms with Crippen molar-refractivity contribution in [3.63, 3.8) is 0 Å². The van der Waals surface area contributed by atoms with Crippen molar-refractivity contribution in [2.45, 2.75) is 18.9 Å². The van der Waals surface area contributed by atoms with Crippen LogP contribution in [0, 0.1) is 0 Å². The van der Waals surface area contributed by atoms with E-state index >= 15 is 0 Å². The lowest BCUT2D eigenvalue weighted by Gasteiger charge is -2.25. The molecule has 0 bridgehead atoms. The number of ether oxygens (including phenoxy) is 2. The van der Waals surface area contributed by atoms with Gasteiger partial charge in [0, 0.05) is 25.7 Å². The summed E-state index contributed by atoms with van der Waals surface area (Å²) in [5.74, 6) is 1.68. The van der Waals surface area contributed by atoms with E-state index in [-0.39, 0.29) is 0 Å². The normalized spacial score (nSPS) is 18.7. The summed E-state index contributed by atoms with van der Waals surface area (Å²) in [6, 6.07) is 6.53. The first-order valence-corrected chi connectivity index (χ1v) is 6.41. The van der Waals surface area contributed by atoms with E-state index in [1.165, 1.54) is 12.8 Å². The van der Waals surface area contributed by atoms with Crippen molar-refractivity contribution in [3.05, 3.63) is 18.2 Å². The van der Waals surface area contributed by atoms with Crippen LogP contribution in [0.2, 0.25) is 0 Å². The van der Waals surface area contributed by atoms with Crippen molar-refractivity contribution < 1.29 is 9.47 Å². The number of methoxy groups -OCH3 is 2. The molecule has 0 saturated carbocycles. The zero-order valence-corrected chi connectivity index (χ0v) is 11.4. The summed E-state index contributed by atoms with van der Waals surface area (Å²) in [5.41, 5.74) is 1.10. The maximum atomic E-state index is 5.43. The van der Waals surface area contributed by atoms with Gasteiger partial charge in [-0.3, -0.25) is 0 Å². The molecule has 4 nitrogen and oxygen atoms in total. The van der Waals surface area contributed by atoms with Crippen LogP contribution in [0.1, 0.15) is 12.8 Å². The van der Waals surface area contributed by atoms with Crippen LogP contribution < -0.4 is 19.7 Å². The molecule has 1 fully saturated rings. The predicted molar refractivity (Wildman–Crippen MR) is 73.8 cm³/mol. The van der Waals surface area contributed by atoms with Crippen LogP contribution in [0.25, 0.3) is 0 Å². The van der Waals surface area contributed by atoms with Crippen LogP contribution >= 0.6 is 0 Å². The Hall–Kier alpha value is -1.42. The molecule has 1 saturated heterocycles. The van der Waals surface area contributed by atoms with Crippen LogP contribution in [-0.4, -0.2) is 40.4 Å². The fourth-order valence-corrected chi connectivity index (χ4v) is 2.44. The van der Waals surface area contributed by atoms with Crippen LogP contribution in [-0.2, 0) is 0 Å². The Bertz CT molecular complexity index is 389. The SMILES string of the molecule is COc1ccc(N(C)CC2CCCN2)c(OC)c1. The Morgan fingerprint density at radius 1 is 1.33 bits per heavy atom. The van der Waals surface area contributed by atoms with Gasteiger partial charge in [-0.05, 0) is 31.5 Å². The number of rotatable bonds is 5. The van der Waals surface area contributed by atoms with Gasteiger partial charge < -0.3 is 19.7 Å². The quantitative estimate of drug-likeness (QED) is 0.865. The minimum absolute atomic E-state index is 0.585. The molecule has 0 radical (unpaired) electrons. The third kappa shape index (κ3) is 2.88. The van der Waals surface area contributed by atoms with Gasteiger partial charge in [0.05, 0.1) is 19.9 Å². The Morgan fingerprint density at radius 3 is 2.78 bits per heavy atom. The number of likely N-dealkylation sites (N-methyl/N-ethyl adjacent to an activating group) is 1. The molecule has 4 heteroatoms. The average Bonchev–Trinajstić information content (AvgIpc) is 2.90. The van der Waals surface area contributed by atoms with Crippen LogP contribution in [0.5, 0.6) is 11.5 Å². The van der Waals surface area contributed by atoms with Crippen molar-refractivity contribution >= 4 is 5.69 Å². The van der Waals surface area contributed by atoms with E-state index < -0.39 is 0 Å². The summed E-state index contributed by atoms with van der Waals surface area (Å²) < 4.78 is 10.6. The van der Waals surface area contributed by atoms with Crippen molar-refractivity contribution in [3.8, 4) is 11.5 Å². The highest BCUT2D eigenvalue weighted by Crippen LogP contribution is 2.31. The summed E-state index contributed by atoms with van der Waals surface area (Å²) >= 11 is 0. The Kier molecular flexibility index (Phi) is 4.31. The Balaban J connectivity index is 2.10. The molecule has 1 atom stereocenters. The predicted octanol–water partition coefficient (Wildman–Crippen LogP) is 1.89. The highest BCUT2D eigenvalue weighted by atomic mass is 16.5. The number of anilines is 1. The van der Waals surface area contributed by atoms with E-state index in [4.69, 9.17) is 9.47 Å². The molecule has 1 N–H and O–H groups in total. The highest BCUT2D eigenvalue weighted by molar-refractivity contribution is 5.60. The van der Waals surface area contributed by atoms with E-state index in [0.717, 1.165) is 30.3 Å². The molecule has 1 heterocycles. The summed E-state index contributed by atoms with van der Waals surface area (Å²) in [6.45, 7) is 2.14. The van der Waals surface area contributed by atoms with Gasteiger partial charge >= 0.3 is 0 Å². The standard InChI is InChI=1S/C14H22N2O2/c1-16(10-11-5-4-8-15-11)13-7-6-12(17-2)9-14(13)18-3/h6-7,9,11,15H,4-5,8,10H2,1-3H3. The molecule has 1 aliphatic heterocycles. The molecule has 0 amide bonds. The molecule has 1 aromatic rings. The number of hydrogen-bond donors (Lipinski definition) is 1. The largest absolute Gasteiger partial charge is 0.497 e. The van der Waals surface area contributed by atoms with Gasteiger partial charge in [0.25, 0.3) is 0 Å². The molecule has 100 valence electrons. The molecular formula is C14H22N2O2. The molecule has 0 aromatic heterocycles. The molecule has 0 aliphatic carbocycles. The monoisotopic (exact) mass is 250 g/mol. The molecule has 18 heavy (non-hydrogen) atoms. The van der Waals surface area contributed by atoms with Gasteiger partial charge in [0.2, 0.25) is 0 Å². The van der Waals surface area contributed by atoms with E-state index in [1.807, 2.05) is 18.2 Å². The maximum Gasteiger partial charge on any atom is 0.145 e. The number of benzene rings is 1. The lowest BCUT2D eigenvalue weighted by molar-refractivity contribution is 0.394. The van der Waals surface area contributed by atoms with Crippen molar-refractivity contribution in [1.82, 2.24) is 5.32 Å². The van der Waals surface area contributed by atoms with Crippen molar-refractivity contribution in [2.24, 2.45) is 0 Å². The van der Waals surface area contributed by atoms with Gasteiger partial charge in [-0.15, -0.1) is 0 Å². The minimum atomic E-state index is 0.585. The molecule has 1 aromatic carbocycles. The second-order valence-electron chi connectivity index (χ2n) is 4.71. The molecule has 1 aliphatic rings. The number of hydrogen-bond acceptors (Lipinski definition) is 4. The van der Waals surface area contributed by atoms with Gasteiger partial charge in [0.1, 0.15) is 11.5 Å². The van der Waals surface area contributed by atoms with Crippen LogP contribution in [0.3, 0.4) is 0 Å². The van der Waals surface area contributed by atoms with Gasteiger partial charge in [-0.1, -0.05) is 0 Å². The molecule has 0 spiro atoms. The Morgan fingerprint density at radius 2 is 2.17 bits per heavy atom. The van der Waals surface area contributed by atoms with E-state index in [9.17, 15) is 0 Å². The molecule has 1 unspecified atom stereocenters. The van der Waals surface area contributed by atoms with E-state index in [0.29, 0.717) is 6.04 Å². The fraction of sp³-hybridized carbons (Fsp3) is 0.571. The smallest absolute Gasteiger partial charge is 0.145 e. The maximum absolute atomic E-state index is 5.43. The fourth-order valence-electron chi connectivity index (χ4n) is 2.44. The van der Waals surface area contributed by atoms with Gasteiger partial charge in [-0.2, -0.15) is 0 Å². The number of nitrogens with zero attached hydrogens (tertiary/aromatic N) is 1. The third-order valence-corrected chi connectivity index (χ3v) is 3.45. The number of nitrogens with one attached hydrogen (secondary N) is 1. The second-order valence-corrected chi connectivity index (χ2v) is 4.71. The summed E-state index contributed by atoms with van der Waals surface area (Å²) in [6.07, 6.45) is 2.53. The summed E-state index contributed by atoms with van der Waals surface area (Å²) in [5, 5.41) is 3.51. The van der Waals surface area contributed by atoms with E-state index in [2.05, 4.69) is 17.3 Å². The van der Waals surface area contributed by atoms with Gasteiger partial charge in [-0.25, -0.2) is 0 Å². The summed E-state index contributed by atoms with van der Waals surface area (Å²) in [4.78, 5) is 2.24. The first kappa shape index (κ1) is 13.0. The van der Waals surface area contributed by atoms with Crippen LogP contribution in [0.15, 0.2) is 18.2 Å². The van der Waals surface area contributed by atoms with Crippen molar-refractivity contribution in [2.75, 3.05) is 39.3 Å². The highest BCUT2D eigenvalue weighted by Gasteiger charge is 2.18. The zero-order chi connectivity index (χ0) is 13.0. The lowest BCUT2D eigenvalue weighted by atomic mass is 10.2. The third-order valence-electron chi connectivity index (χ3n) is 3.45. The van der Waals surface area contributed by atoms with Gasteiger partial charge in [0.15, 0.2) is 0 Å². The molecule has 2 rings (SSSR count). The van der Waals surface area contributed by atoms with E-state index in [1.54, 1.807) is 14.2 Å². The topological polar surface area (TPSA) is 33.7 Å². The lowest BCUT2D eigenvalue weighted by Crippen LogP contribution is -2.35. The first-order chi connectivity index (χ1) is 8.74. The minimum Gasteiger partial charge on any atom is -0.497 e. The zero-order valence-electron chi connectivity index (χ0n) is 11.4. The van der Waals surface area contributed by atoms with Crippen LogP contribution in [0.4, 0.5) is 5.69 Å². The average molecular weight is 250 g/mol. The molecular weight excluding hydrogens is 228 g/mol. The second kappa shape index (κ2) is 5.96. The van der Waals surface area contributed by atoms with Crippen molar-refractivity contribution in [1.29, 1.82) is 0 Å².